The van der Waals surface area contributed by atoms with Crippen LogP contribution in [-0.2, 0) is 7.05 Å². The van der Waals surface area contributed by atoms with Gasteiger partial charge in [-0.2, -0.15) is 0 Å². The molecule has 0 atom stereocenters. The van der Waals surface area contributed by atoms with Crippen LogP contribution in [0.1, 0.15) is 15.9 Å². The van der Waals surface area contributed by atoms with Gasteiger partial charge in [0.05, 0.1) is 11.0 Å². The number of hydroxylamine groups is 1. The van der Waals surface area contributed by atoms with Gasteiger partial charge in [0, 0.05) is 25.3 Å². The predicted molar refractivity (Wildman–Crippen MR) is 115 cm³/mol. The van der Waals surface area contributed by atoms with Crippen LogP contribution in [0.25, 0.3) is 22.2 Å². The molecule has 0 radical (unpaired) electrons. The fraction of sp³-hybridized carbons (Fsp3) is 0.130. The molecule has 146 valence electrons. The molecule has 1 aromatic heterocycles. The molecular weight excluding hydrogens is 364 g/mol. The third kappa shape index (κ3) is 3.34. The first kappa shape index (κ1) is 18.7. The number of hydrogen-bond donors (Lipinski definition) is 2. The van der Waals surface area contributed by atoms with Gasteiger partial charge in [-0.05, 0) is 53.9 Å². The molecule has 0 saturated heterocycles. The summed E-state index contributed by atoms with van der Waals surface area (Å²) in [5, 5.41) is 8.89. The van der Waals surface area contributed by atoms with E-state index in [0.29, 0.717) is 5.56 Å². The molecule has 0 unspecified atom stereocenters. The Labute approximate surface area is 169 Å². The first-order valence-corrected chi connectivity index (χ1v) is 9.30. The highest BCUT2D eigenvalue weighted by Gasteiger charge is 2.16. The summed E-state index contributed by atoms with van der Waals surface area (Å²) in [6.07, 6.45) is 0. The summed E-state index contributed by atoms with van der Waals surface area (Å²) >= 11 is 0. The van der Waals surface area contributed by atoms with Crippen LogP contribution in [0.3, 0.4) is 0 Å². The zero-order valence-corrected chi connectivity index (χ0v) is 16.5. The average molecular weight is 386 g/mol. The van der Waals surface area contributed by atoms with Crippen molar-refractivity contribution in [2.24, 2.45) is 7.05 Å². The second kappa shape index (κ2) is 7.41. The first-order chi connectivity index (χ1) is 14.0. The summed E-state index contributed by atoms with van der Waals surface area (Å²) in [6.45, 7) is 2.09. The summed E-state index contributed by atoms with van der Waals surface area (Å²) in [5.74, 6) is 0.208. The number of carbonyl (C=O) groups excluding carboxylic acids is 1. The molecule has 0 saturated carbocycles. The van der Waals surface area contributed by atoms with Gasteiger partial charge in [-0.3, -0.25) is 10.0 Å². The van der Waals surface area contributed by atoms with Crippen LogP contribution < -0.4 is 10.4 Å². The second-order valence-electron chi connectivity index (χ2n) is 7.04. The standard InChI is InChI=1S/C23H22N4O2/c1-15-12-20-21(14-19(15)16-8-5-4-6-9-16)27(3)23(24-20)26(2)18-11-7-10-17(13-18)22(28)25-29/h4-14,29H,1-3H3,(H,25,28). The van der Waals surface area contributed by atoms with Gasteiger partial charge in [-0.1, -0.05) is 36.4 Å². The Morgan fingerprint density at radius 2 is 1.83 bits per heavy atom. The van der Waals surface area contributed by atoms with Crippen molar-refractivity contribution in [3.05, 3.63) is 77.9 Å². The molecule has 2 N–H and O–H groups in total. The molecule has 4 rings (SSSR count). The maximum Gasteiger partial charge on any atom is 0.274 e. The molecule has 6 nitrogen and oxygen atoms in total. The topological polar surface area (TPSA) is 70.4 Å². The zero-order chi connectivity index (χ0) is 20.5. The molecule has 6 heteroatoms. The smallest absolute Gasteiger partial charge is 0.274 e. The molecule has 0 aliphatic heterocycles. The Hall–Kier alpha value is -3.64. The normalized spacial score (nSPS) is 10.9. The minimum Gasteiger partial charge on any atom is -0.315 e. The van der Waals surface area contributed by atoms with Gasteiger partial charge in [0.15, 0.2) is 0 Å². The van der Waals surface area contributed by atoms with E-state index in [1.807, 2.05) is 47.8 Å². The molecule has 29 heavy (non-hydrogen) atoms. The van der Waals surface area contributed by atoms with E-state index in [0.717, 1.165) is 28.2 Å². The van der Waals surface area contributed by atoms with Crippen LogP contribution in [-0.4, -0.2) is 27.7 Å². The molecule has 0 fully saturated rings. The van der Waals surface area contributed by atoms with Gasteiger partial charge >= 0.3 is 0 Å². The summed E-state index contributed by atoms with van der Waals surface area (Å²) in [5.41, 5.74) is 8.29. The van der Waals surface area contributed by atoms with Gasteiger partial charge in [0.25, 0.3) is 5.91 Å². The molecule has 1 amide bonds. The van der Waals surface area contributed by atoms with Gasteiger partial charge in [0.1, 0.15) is 0 Å². The second-order valence-corrected chi connectivity index (χ2v) is 7.04. The fourth-order valence-electron chi connectivity index (χ4n) is 3.59. The SMILES string of the molecule is Cc1cc2nc(N(C)c3cccc(C(=O)NO)c3)n(C)c2cc1-c1ccccc1. The highest BCUT2D eigenvalue weighted by atomic mass is 16.5. The van der Waals surface area contributed by atoms with E-state index in [-0.39, 0.29) is 0 Å². The van der Waals surface area contributed by atoms with E-state index in [9.17, 15) is 4.79 Å². The van der Waals surface area contributed by atoms with Crippen molar-refractivity contribution in [1.29, 1.82) is 0 Å². The number of aromatic nitrogens is 2. The number of benzene rings is 3. The van der Waals surface area contributed by atoms with Gasteiger partial charge < -0.3 is 9.47 Å². The Morgan fingerprint density at radius 1 is 1.07 bits per heavy atom. The molecule has 0 aliphatic carbocycles. The lowest BCUT2D eigenvalue weighted by Gasteiger charge is -2.19. The largest absolute Gasteiger partial charge is 0.315 e. The quantitative estimate of drug-likeness (QED) is 0.402. The highest BCUT2D eigenvalue weighted by Crippen LogP contribution is 2.32. The van der Waals surface area contributed by atoms with Crippen molar-refractivity contribution in [3.8, 4) is 11.1 Å². The summed E-state index contributed by atoms with van der Waals surface area (Å²) in [4.78, 5) is 18.5. The van der Waals surface area contributed by atoms with Crippen molar-refractivity contribution in [2.75, 3.05) is 11.9 Å². The van der Waals surface area contributed by atoms with E-state index < -0.39 is 5.91 Å². The molecule has 4 aromatic rings. The number of nitrogens with zero attached hydrogens (tertiary/aromatic N) is 3. The van der Waals surface area contributed by atoms with E-state index in [1.165, 1.54) is 11.1 Å². The lowest BCUT2D eigenvalue weighted by Crippen LogP contribution is -2.20. The van der Waals surface area contributed by atoms with Crippen LogP contribution in [0, 0.1) is 6.92 Å². The molecule has 1 heterocycles. The molecule has 0 spiro atoms. The minimum atomic E-state index is -0.548. The maximum absolute atomic E-state index is 11.7. The average Bonchev–Trinajstić information content (AvgIpc) is 3.08. The number of rotatable bonds is 4. The lowest BCUT2D eigenvalue weighted by molar-refractivity contribution is 0.0706. The van der Waals surface area contributed by atoms with Crippen LogP contribution in [0.5, 0.6) is 0 Å². The van der Waals surface area contributed by atoms with Gasteiger partial charge in [-0.25, -0.2) is 10.5 Å². The third-order valence-corrected chi connectivity index (χ3v) is 5.19. The van der Waals surface area contributed by atoms with Gasteiger partial charge in [0.2, 0.25) is 5.95 Å². The van der Waals surface area contributed by atoms with Crippen LogP contribution in [0.4, 0.5) is 11.6 Å². The number of imidazole rings is 1. The van der Waals surface area contributed by atoms with Crippen molar-refractivity contribution >= 4 is 28.6 Å². The van der Waals surface area contributed by atoms with Crippen molar-refractivity contribution < 1.29 is 10.0 Å². The maximum atomic E-state index is 11.7. The Balaban J connectivity index is 1.79. The number of aryl methyl sites for hydroxylation is 2. The van der Waals surface area contributed by atoms with E-state index in [2.05, 4.69) is 31.2 Å². The van der Waals surface area contributed by atoms with Gasteiger partial charge in [-0.15, -0.1) is 0 Å². The van der Waals surface area contributed by atoms with Crippen LogP contribution in [0.15, 0.2) is 66.7 Å². The van der Waals surface area contributed by atoms with E-state index in [4.69, 9.17) is 10.2 Å². The Bertz CT molecular complexity index is 1200. The first-order valence-electron chi connectivity index (χ1n) is 9.30. The molecule has 0 bridgehead atoms. The number of amides is 1. The van der Waals surface area contributed by atoms with Crippen molar-refractivity contribution in [1.82, 2.24) is 15.0 Å². The van der Waals surface area contributed by atoms with Crippen molar-refractivity contribution in [3.63, 3.8) is 0 Å². The summed E-state index contributed by atoms with van der Waals surface area (Å²) in [6, 6.07) is 21.6. The van der Waals surface area contributed by atoms with E-state index >= 15 is 0 Å². The van der Waals surface area contributed by atoms with Crippen molar-refractivity contribution in [2.45, 2.75) is 6.92 Å². The minimum absolute atomic E-state index is 0.373. The number of fused-ring (bicyclic) bond motifs is 1. The third-order valence-electron chi connectivity index (χ3n) is 5.19. The molecule has 3 aromatic carbocycles. The fourth-order valence-corrected chi connectivity index (χ4v) is 3.59. The molecule has 0 aliphatic rings. The monoisotopic (exact) mass is 386 g/mol. The lowest BCUT2D eigenvalue weighted by atomic mass is 10.00. The van der Waals surface area contributed by atoms with E-state index in [1.54, 1.807) is 23.7 Å². The Kier molecular flexibility index (Phi) is 4.78. The van der Waals surface area contributed by atoms with Crippen LogP contribution in [0.2, 0.25) is 0 Å². The summed E-state index contributed by atoms with van der Waals surface area (Å²) < 4.78 is 2.04. The number of hydrogen-bond acceptors (Lipinski definition) is 4. The van der Waals surface area contributed by atoms with Crippen LogP contribution >= 0.6 is 0 Å². The highest BCUT2D eigenvalue weighted by molar-refractivity contribution is 5.94. The number of anilines is 2. The number of carbonyl (C=O) groups is 1. The predicted octanol–water partition coefficient (Wildman–Crippen LogP) is 4.44. The number of nitrogens with one attached hydrogen (secondary N) is 1. The Morgan fingerprint density at radius 3 is 2.55 bits per heavy atom. The summed E-state index contributed by atoms with van der Waals surface area (Å²) in [7, 11) is 3.89. The molecular formula is C23H22N4O2. The zero-order valence-electron chi connectivity index (χ0n) is 16.5.